The van der Waals surface area contributed by atoms with Gasteiger partial charge in [-0.15, -0.1) is 0 Å². The van der Waals surface area contributed by atoms with E-state index in [1.54, 1.807) is 32.0 Å². The first-order chi connectivity index (χ1) is 25.9. The number of halogens is 1. The largest absolute Gasteiger partial charge is 0.480 e. The van der Waals surface area contributed by atoms with Gasteiger partial charge in [-0.3, -0.25) is 19.2 Å². The number of fused-ring (bicyclic) bond motifs is 1. The summed E-state index contributed by atoms with van der Waals surface area (Å²) in [6.45, 7) is 15.4. The third kappa shape index (κ3) is 10.6. The van der Waals surface area contributed by atoms with Crippen LogP contribution in [0.2, 0.25) is 0 Å². The number of likely N-dealkylation sites (N-methyl/N-ethyl adjacent to an activating group) is 2. The van der Waals surface area contributed by atoms with E-state index < -0.39 is 66.0 Å². The molecule has 0 bridgehead atoms. The molecule has 12 atom stereocenters. The van der Waals surface area contributed by atoms with Gasteiger partial charge in [0.1, 0.15) is 17.9 Å². The standard InChI is InChI=1S/C41H66FN5O8/c1-13-23(6)35(46(10)40(51)34(22(4)5)45-39(50)33(43-9)21(2)3)31(54-11)20-32(48)47-30(19-27-24(7)36(27)47)37(55-12)25(8)38(49)44-29(41(52)53)18-26-16-14-15-17-28(26)42/h14-17,21-25,27,29-31,33-37,43H,13,18-20H2,1-12H3,(H,44,49)(H,45,50)(H,52,53)/t23-,24-,25+,27+,29-,30-,31+,33-,34-,35-,36-,37+/m0/s1. The van der Waals surface area contributed by atoms with Gasteiger partial charge in [-0.2, -0.15) is 0 Å². The van der Waals surface area contributed by atoms with Crippen molar-refractivity contribution in [2.45, 2.75) is 130 Å². The van der Waals surface area contributed by atoms with Gasteiger partial charge in [0.15, 0.2) is 0 Å². The number of methoxy groups -OCH3 is 2. The topological polar surface area (TPSA) is 167 Å². The summed E-state index contributed by atoms with van der Waals surface area (Å²) in [5.74, 6) is -3.82. The normalized spacial score (nSPS) is 23.5. The first kappa shape index (κ1) is 45.8. The second kappa shape index (κ2) is 20.0. The number of aliphatic carboxylic acids is 1. The Bertz CT molecular complexity index is 1490. The van der Waals surface area contributed by atoms with E-state index in [1.807, 2.05) is 46.4 Å². The maximum Gasteiger partial charge on any atom is 0.326 e. The van der Waals surface area contributed by atoms with Gasteiger partial charge in [0.25, 0.3) is 0 Å². The maximum atomic E-state index is 14.5. The number of amides is 4. The van der Waals surface area contributed by atoms with Crippen LogP contribution in [0.1, 0.15) is 80.2 Å². The molecular weight excluding hydrogens is 709 g/mol. The number of rotatable bonds is 21. The van der Waals surface area contributed by atoms with Crippen molar-refractivity contribution in [3.05, 3.63) is 35.6 Å². The molecule has 1 heterocycles. The number of hydrogen-bond acceptors (Lipinski definition) is 8. The van der Waals surface area contributed by atoms with Crippen LogP contribution >= 0.6 is 0 Å². The van der Waals surface area contributed by atoms with E-state index >= 15 is 0 Å². The molecule has 14 heteroatoms. The van der Waals surface area contributed by atoms with E-state index in [1.165, 1.54) is 32.4 Å². The lowest BCUT2D eigenvalue weighted by molar-refractivity contribution is -0.149. The van der Waals surface area contributed by atoms with Crippen LogP contribution in [0.5, 0.6) is 0 Å². The van der Waals surface area contributed by atoms with Crippen LogP contribution in [-0.4, -0.2) is 121 Å². The Morgan fingerprint density at radius 2 is 1.58 bits per heavy atom. The number of carbonyl (C=O) groups is 5. The number of carbonyl (C=O) groups excluding carboxylic acids is 4. The number of piperidine rings is 1. The monoisotopic (exact) mass is 775 g/mol. The molecule has 1 saturated carbocycles. The fourth-order valence-corrected chi connectivity index (χ4v) is 8.57. The summed E-state index contributed by atoms with van der Waals surface area (Å²) >= 11 is 0. The highest BCUT2D eigenvalue weighted by atomic mass is 19.1. The lowest BCUT2D eigenvalue weighted by Crippen LogP contribution is -2.59. The van der Waals surface area contributed by atoms with Crippen LogP contribution in [0.4, 0.5) is 4.39 Å². The van der Waals surface area contributed by atoms with Crippen molar-refractivity contribution >= 4 is 29.6 Å². The van der Waals surface area contributed by atoms with E-state index in [2.05, 4.69) is 22.9 Å². The number of likely N-dealkylation sites (tertiary alicyclic amines) is 1. The van der Waals surface area contributed by atoms with Crippen molar-refractivity contribution in [2.24, 2.45) is 35.5 Å². The number of nitrogens with zero attached hydrogens (tertiary/aromatic N) is 2. The summed E-state index contributed by atoms with van der Waals surface area (Å²) < 4.78 is 26.3. The zero-order valence-electron chi connectivity index (χ0n) is 34.8. The molecule has 1 aliphatic heterocycles. The fraction of sp³-hybridized carbons (Fsp3) is 0.732. The van der Waals surface area contributed by atoms with E-state index in [4.69, 9.17) is 9.47 Å². The molecule has 0 unspecified atom stereocenters. The quantitative estimate of drug-likeness (QED) is 0.146. The van der Waals surface area contributed by atoms with Gasteiger partial charge in [-0.25, -0.2) is 9.18 Å². The van der Waals surface area contributed by atoms with Crippen molar-refractivity contribution < 1.29 is 42.9 Å². The molecular formula is C41H66FN5O8. The predicted octanol–water partition coefficient (Wildman–Crippen LogP) is 3.49. The molecule has 1 aromatic rings. The molecule has 0 aromatic heterocycles. The second-order valence-corrected chi connectivity index (χ2v) is 16.3. The summed E-state index contributed by atoms with van der Waals surface area (Å²) in [6.07, 6.45) is -0.416. The molecule has 3 rings (SSSR count). The van der Waals surface area contributed by atoms with E-state index in [9.17, 15) is 33.5 Å². The Labute approximate surface area is 326 Å². The molecule has 0 spiro atoms. The van der Waals surface area contributed by atoms with E-state index in [0.29, 0.717) is 12.8 Å². The lowest BCUT2D eigenvalue weighted by atomic mass is 9.89. The average molecular weight is 776 g/mol. The molecule has 2 fully saturated rings. The van der Waals surface area contributed by atoms with Crippen molar-refractivity contribution in [3.63, 3.8) is 0 Å². The summed E-state index contributed by atoms with van der Waals surface area (Å²) in [6, 6.07) is 2.15. The number of ether oxygens (including phenoxy) is 2. The predicted molar refractivity (Wildman–Crippen MR) is 207 cm³/mol. The zero-order chi connectivity index (χ0) is 41.5. The molecule has 2 aliphatic rings. The number of carboxylic acid groups (broad SMARTS) is 1. The third-order valence-corrected chi connectivity index (χ3v) is 12.1. The smallest absolute Gasteiger partial charge is 0.326 e. The summed E-state index contributed by atoms with van der Waals surface area (Å²) in [4.78, 5) is 71.1. The highest BCUT2D eigenvalue weighted by Gasteiger charge is 2.62. The highest BCUT2D eigenvalue weighted by molar-refractivity contribution is 5.90. The minimum Gasteiger partial charge on any atom is -0.480 e. The van der Waals surface area contributed by atoms with Crippen molar-refractivity contribution in [2.75, 3.05) is 28.3 Å². The lowest BCUT2D eigenvalue weighted by Gasteiger charge is -2.41. The summed E-state index contributed by atoms with van der Waals surface area (Å²) in [5.41, 5.74) is 0.168. The van der Waals surface area contributed by atoms with Gasteiger partial charge in [-0.1, -0.05) is 80.0 Å². The van der Waals surface area contributed by atoms with Gasteiger partial charge >= 0.3 is 5.97 Å². The zero-order valence-corrected chi connectivity index (χ0v) is 34.8. The maximum absolute atomic E-state index is 14.5. The van der Waals surface area contributed by atoms with Crippen molar-refractivity contribution in [3.8, 4) is 0 Å². The molecule has 310 valence electrons. The van der Waals surface area contributed by atoms with Gasteiger partial charge in [0.2, 0.25) is 23.6 Å². The van der Waals surface area contributed by atoms with Crippen LogP contribution in [-0.2, 0) is 39.9 Å². The van der Waals surface area contributed by atoms with Gasteiger partial charge < -0.3 is 40.3 Å². The number of hydrogen-bond donors (Lipinski definition) is 4. The Morgan fingerprint density at radius 3 is 2.09 bits per heavy atom. The molecule has 4 amide bonds. The molecule has 4 N–H and O–H groups in total. The fourth-order valence-electron chi connectivity index (χ4n) is 8.57. The van der Waals surface area contributed by atoms with Crippen LogP contribution in [0, 0.1) is 41.3 Å². The van der Waals surface area contributed by atoms with Crippen molar-refractivity contribution in [1.82, 2.24) is 25.8 Å². The Hall–Kier alpha value is -3.62. The summed E-state index contributed by atoms with van der Waals surface area (Å²) in [5, 5.41) is 18.5. The Balaban J connectivity index is 1.84. The van der Waals surface area contributed by atoms with Crippen LogP contribution in [0.3, 0.4) is 0 Å². The van der Waals surface area contributed by atoms with Crippen LogP contribution in [0.25, 0.3) is 0 Å². The van der Waals surface area contributed by atoms with E-state index in [0.717, 1.165) is 0 Å². The van der Waals surface area contributed by atoms with Crippen LogP contribution in [0.15, 0.2) is 24.3 Å². The average Bonchev–Trinajstić information content (AvgIpc) is 3.56. The molecule has 1 aliphatic carbocycles. The first-order valence-corrected chi connectivity index (χ1v) is 19.7. The molecule has 13 nitrogen and oxygen atoms in total. The second-order valence-electron chi connectivity index (χ2n) is 16.3. The van der Waals surface area contributed by atoms with Gasteiger partial charge in [0.05, 0.1) is 42.7 Å². The first-order valence-electron chi connectivity index (χ1n) is 19.7. The van der Waals surface area contributed by atoms with Crippen molar-refractivity contribution in [1.29, 1.82) is 0 Å². The molecule has 1 aromatic carbocycles. The minimum absolute atomic E-state index is 0.00732. The third-order valence-electron chi connectivity index (χ3n) is 12.1. The molecule has 1 saturated heterocycles. The minimum atomic E-state index is -1.37. The SMILES string of the molecule is CC[C@H](C)[C@@H]([C@@H](CC(=O)N1[C@H]2[C@@H](C)[C@H]2C[C@H]1[C@H](OC)[C@@H](C)C(=O)N[C@@H](Cc1ccccc1F)C(=O)O)OC)N(C)C(=O)[C@@H](NC(=O)[C@@H](NC)C(C)C)C(C)C. The number of carboxylic acids is 1. The van der Waals surface area contributed by atoms with Gasteiger partial charge in [0, 0.05) is 33.7 Å². The molecule has 0 radical (unpaired) electrons. The molecule has 55 heavy (non-hydrogen) atoms. The Kier molecular flexibility index (Phi) is 16.6. The van der Waals surface area contributed by atoms with Gasteiger partial charge in [-0.05, 0) is 54.7 Å². The Morgan fingerprint density at radius 1 is 0.964 bits per heavy atom. The summed E-state index contributed by atoms with van der Waals surface area (Å²) in [7, 11) is 6.42. The van der Waals surface area contributed by atoms with Crippen LogP contribution < -0.4 is 16.0 Å². The number of nitrogens with one attached hydrogen (secondary N) is 3. The van der Waals surface area contributed by atoms with E-state index in [-0.39, 0.29) is 71.8 Å². The highest BCUT2D eigenvalue weighted by Crippen LogP contribution is 2.54. The number of benzene rings is 1.